The van der Waals surface area contributed by atoms with E-state index in [2.05, 4.69) is 5.16 Å². The third-order valence-corrected chi connectivity index (χ3v) is 2.42. The summed E-state index contributed by atoms with van der Waals surface area (Å²) in [7, 11) is 1.49. The van der Waals surface area contributed by atoms with Gasteiger partial charge in [-0.15, -0.1) is 0 Å². The van der Waals surface area contributed by atoms with Gasteiger partial charge in [0.2, 0.25) is 5.88 Å². The normalized spacial score (nSPS) is 10.4. The van der Waals surface area contributed by atoms with Crippen LogP contribution in [0.2, 0.25) is 0 Å². The quantitative estimate of drug-likeness (QED) is 0.808. The summed E-state index contributed by atoms with van der Waals surface area (Å²) < 4.78 is 9.96. The highest BCUT2D eigenvalue weighted by molar-refractivity contribution is 5.81. The van der Waals surface area contributed by atoms with Crippen LogP contribution in [-0.4, -0.2) is 17.4 Å². The summed E-state index contributed by atoms with van der Waals surface area (Å²) in [5, 5.41) is 13.3. The minimum atomic E-state index is 0.0590. The molecule has 2 rings (SSSR count). The van der Waals surface area contributed by atoms with Crippen LogP contribution in [0, 0.1) is 6.92 Å². The standard InChI is InChI=1S/C11H12N2O3/c1-6-3-4-8(14)10(15-2)9(6)7-5-13-16-11(7)12/h3-5,14H,12H2,1-2H3. The van der Waals surface area contributed by atoms with Gasteiger partial charge in [-0.3, -0.25) is 0 Å². The van der Waals surface area contributed by atoms with Crippen LogP contribution in [0.25, 0.3) is 11.1 Å². The van der Waals surface area contributed by atoms with Gasteiger partial charge in [0.05, 0.1) is 18.9 Å². The summed E-state index contributed by atoms with van der Waals surface area (Å²) in [5.74, 6) is 0.630. The van der Waals surface area contributed by atoms with Crippen LogP contribution in [0.3, 0.4) is 0 Å². The maximum atomic E-state index is 9.69. The Morgan fingerprint density at radius 2 is 2.19 bits per heavy atom. The summed E-state index contributed by atoms with van der Waals surface area (Å²) in [6.45, 7) is 1.89. The SMILES string of the molecule is COc1c(O)ccc(C)c1-c1cnoc1N. The zero-order valence-electron chi connectivity index (χ0n) is 9.02. The van der Waals surface area contributed by atoms with Gasteiger partial charge < -0.3 is 20.1 Å². The zero-order chi connectivity index (χ0) is 11.7. The number of nitrogens with two attached hydrogens (primary N) is 1. The molecular weight excluding hydrogens is 208 g/mol. The van der Waals surface area contributed by atoms with E-state index in [1.165, 1.54) is 13.3 Å². The number of hydrogen-bond acceptors (Lipinski definition) is 5. The maximum Gasteiger partial charge on any atom is 0.230 e. The molecule has 84 valence electrons. The number of hydrogen-bond donors (Lipinski definition) is 2. The number of aromatic nitrogens is 1. The fourth-order valence-electron chi connectivity index (χ4n) is 1.65. The molecule has 0 aliphatic heterocycles. The van der Waals surface area contributed by atoms with Crippen molar-refractivity contribution in [2.24, 2.45) is 0 Å². The van der Waals surface area contributed by atoms with Gasteiger partial charge in [0.25, 0.3) is 0 Å². The van der Waals surface area contributed by atoms with Crippen molar-refractivity contribution in [3.05, 3.63) is 23.9 Å². The number of ether oxygens (including phenoxy) is 1. The Labute approximate surface area is 92.4 Å². The molecule has 1 aromatic carbocycles. The van der Waals surface area contributed by atoms with Crippen molar-refractivity contribution < 1.29 is 14.4 Å². The molecule has 3 N–H and O–H groups in total. The van der Waals surface area contributed by atoms with E-state index in [0.29, 0.717) is 16.9 Å². The van der Waals surface area contributed by atoms with Crippen molar-refractivity contribution in [1.29, 1.82) is 0 Å². The maximum absolute atomic E-state index is 9.69. The molecule has 0 radical (unpaired) electrons. The molecule has 1 aromatic heterocycles. The predicted octanol–water partition coefficient (Wildman–Crippen LogP) is 1.95. The van der Waals surface area contributed by atoms with Crippen molar-refractivity contribution in [2.75, 3.05) is 12.8 Å². The Morgan fingerprint density at radius 1 is 1.44 bits per heavy atom. The van der Waals surface area contributed by atoms with Crippen LogP contribution in [-0.2, 0) is 0 Å². The lowest BCUT2D eigenvalue weighted by atomic mass is 10.0. The third kappa shape index (κ3) is 1.46. The lowest BCUT2D eigenvalue weighted by Gasteiger charge is -2.11. The first-order valence-corrected chi connectivity index (χ1v) is 4.72. The molecule has 0 saturated carbocycles. The minimum absolute atomic E-state index is 0.0590. The lowest BCUT2D eigenvalue weighted by Crippen LogP contribution is -1.93. The van der Waals surface area contributed by atoms with Crippen molar-refractivity contribution in [2.45, 2.75) is 6.92 Å². The number of aryl methyl sites for hydroxylation is 1. The molecule has 16 heavy (non-hydrogen) atoms. The van der Waals surface area contributed by atoms with Crippen LogP contribution < -0.4 is 10.5 Å². The Kier molecular flexibility index (Phi) is 2.44. The molecule has 2 aromatic rings. The molecule has 0 unspecified atom stereocenters. The number of nitrogens with zero attached hydrogens (tertiary/aromatic N) is 1. The van der Waals surface area contributed by atoms with E-state index in [1.807, 2.05) is 6.92 Å². The first kappa shape index (κ1) is 10.4. The number of aromatic hydroxyl groups is 1. The number of nitrogen functional groups attached to an aromatic ring is 1. The smallest absolute Gasteiger partial charge is 0.230 e. The van der Waals surface area contributed by atoms with Crippen LogP contribution in [0.4, 0.5) is 5.88 Å². The van der Waals surface area contributed by atoms with Crippen molar-refractivity contribution in [1.82, 2.24) is 5.16 Å². The summed E-state index contributed by atoms with van der Waals surface area (Å²) in [4.78, 5) is 0. The average molecular weight is 220 g/mol. The van der Waals surface area contributed by atoms with Gasteiger partial charge in [-0.2, -0.15) is 0 Å². The number of anilines is 1. The largest absolute Gasteiger partial charge is 0.504 e. The first-order chi connectivity index (χ1) is 7.65. The summed E-state index contributed by atoms with van der Waals surface area (Å²) in [6, 6.07) is 3.35. The molecule has 1 heterocycles. The highest BCUT2D eigenvalue weighted by Gasteiger charge is 2.17. The van der Waals surface area contributed by atoms with Gasteiger partial charge in [-0.05, 0) is 18.6 Å². The minimum Gasteiger partial charge on any atom is -0.504 e. The lowest BCUT2D eigenvalue weighted by molar-refractivity contribution is 0.374. The second-order valence-electron chi connectivity index (χ2n) is 3.41. The number of phenols is 1. The van der Waals surface area contributed by atoms with Gasteiger partial charge in [0.1, 0.15) is 0 Å². The molecule has 5 nitrogen and oxygen atoms in total. The van der Waals surface area contributed by atoms with Crippen LogP contribution in [0.15, 0.2) is 22.9 Å². The molecule has 0 bridgehead atoms. The average Bonchev–Trinajstić information content (AvgIpc) is 2.67. The summed E-state index contributed by atoms with van der Waals surface area (Å²) in [6.07, 6.45) is 1.50. The van der Waals surface area contributed by atoms with Crippen LogP contribution >= 0.6 is 0 Å². The Balaban J connectivity index is 2.73. The Morgan fingerprint density at radius 3 is 2.75 bits per heavy atom. The molecule has 0 fully saturated rings. The van der Waals surface area contributed by atoms with E-state index in [0.717, 1.165) is 5.56 Å². The third-order valence-electron chi connectivity index (χ3n) is 2.42. The number of benzene rings is 1. The topological polar surface area (TPSA) is 81.5 Å². The van der Waals surface area contributed by atoms with E-state index < -0.39 is 0 Å². The van der Waals surface area contributed by atoms with Gasteiger partial charge in [-0.1, -0.05) is 11.2 Å². The molecule has 0 amide bonds. The van der Waals surface area contributed by atoms with Crippen molar-refractivity contribution >= 4 is 5.88 Å². The monoisotopic (exact) mass is 220 g/mol. The fraction of sp³-hybridized carbons (Fsp3) is 0.182. The first-order valence-electron chi connectivity index (χ1n) is 4.72. The second kappa shape index (κ2) is 3.77. The van der Waals surface area contributed by atoms with E-state index in [1.54, 1.807) is 12.1 Å². The zero-order valence-corrected chi connectivity index (χ0v) is 9.02. The Hall–Kier alpha value is -2.17. The molecular formula is C11H12N2O3. The van der Waals surface area contributed by atoms with Gasteiger partial charge >= 0.3 is 0 Å². The van der Waals surface area contributed by atoms with Gasteiger partial charge in [0.15, 0.2) is 11.5 Å². The van der Waals surface area contributed by atoms with E-state index >= 15 is 0 Å². The summed E-state index contributed by atoms with van der Waals surface area (Å²) in [5.41, 5.74) is 7.88. The number of phenolic OH excluding ortho intramolecular Hbond substituents is 1. The predicted molar refractivity (Wildman–Crippen MR) is 59.3 cm³/mol. The Bertz CT molecular complexity index is 520. The molecule has 0 aliphatic rings. The van der Waals surface area contributed by atoms with Gasteiger partial charge in [-0.25, -0.2) is 0 Å². The van der Waals surface area contributed by atoms with Crippen molar-refractivity contribution in [3.8, 4) is 22.6 Å². The van der Waals surface area contributed by atoms with E-state index in [4.69, 9.17) is 15.0 Å². The molecule has 0 spiro atoms. The van der Waals surface area contributed by atoms with Crippen LogP contribution in [0.5, 0.6) is 11.5 Å². The number of rotatable bonds is 2. The van der Waals surface area contributed by atoms with E-state index in [-0.39, 0.29) is 11.6 Å². The summed E-state index contributed by atoms with van der Waals surface area (Å²) >= 11 is 0. The van der Waals surface area contributed by atoms with Gasteiger partial charge in [0, 0.05) is 5.56 Å². The molecule has 0 saturated heterocycles. The molecule has 0 aliphatic carbocycles. The fourth-order valence-corrected chi connectivity index (χ4v) is 1.65. The van der Waals surface area contributed by atoms with Crippen LogP contribution in [0.1, 0.15) is 5.56 Å². The molecule has 0 atom stereocenters. The molecule has 5 heteroatoms. The van der Waals surface area contributed by atoms with Crippen molar-refractivity contribution in [3.63, 3.8) is 0 Å². The highest BCUT2D eigenvalue weighted by Crippen LogP contribution is 2.41. The van der Waals surface area contributed by atoms with E-state index in [9.17, 15) is 5.11 Å². The second-order valence-corrected chi connectivity index (χ2v) is 3.41. The number of methoxy groups -OCH3 is 1. The highest BCUT2D eigenvalue weighted by atomic mass is 16.5.